The summed E-state index contributed by atoms with van der Waals surface area (Å²) in [5.41, 5.74) is 1.34. The number of aromatic nitrogens is 1. The maximum absolute atomic E-state index is 12.9. The Bertz CT molecular complexity index is 936. The molecule has 0 saturated carbocycles. The highest BCUT2D eigenvalue weighted by Crippen LogP contribution is 2.39. The number of pyridine rings is 1. The van der Waals surface area contributed by atoms with Gasteiger partial charge in [-0.1, -0.05) is 33.6 Å². The van der Waals surface area contributed by atoms with Crippen LogP contribution in [-0.4, -0.2) is 39.8 Å². The first-order valence-corrected chi connectivity index (χ1v) is 10.9. The van der Waals surface area contributed by atoms with Crippen molar-refractivity contribution in [3.05, 3.63) is 65.5 Å². The molecule has 1 N–H and O–H groups in total. The smallest absolute Gasteiger partial charge is 0.295 e. The molecule has 0 radical (unpaired) electrons. The molecule has 2 heterocycles. The van der Waals surface area contributed by atoms with E-state index in [-0.39, 0.29) is 11.3 Å². The van der Waals surface area contributed by atoms with Crippen molar-refractivity contribution in [1.29, 1.82) is 0 Å². The Balaban J connectivity index is 1.98. The number of aliphatic hydroxyl groups excluding tert-OH is 1. The number of hydrogen-bond acceptors (Lipinski definition) is 5. The Morgan fingerprint density at radius 1 is 1.10 bits per heavy atom. The van der Waals surface area contributed by atoms with Gasteiger partial charge in [-0.2, -0.15) is 0 Å². The van der Waals surface area contributed by atoms with Crippen LogP contribution in [0.25, 0.3) is 5.76 Å². The lowest BCUT2D eigenvalue weighted by Gasteiger charge is -2.25. The summed E-state index contributed by atoms with van der Waals surface area (Å²) in [5, 5.41) is 11.1. The van der Waals surface area contributed by atoms with Crippen molar-refractivity contribution in [3.8, 4) is 5.75 Å². The molecule has 1 atom stereocenters. The van der Waals surface area contributed by atoms with Crippen LogP contribution in [-0.2, 0) is 9.59 Å². The number of amides is 1. The molecule has 1 fully saturated rings. The number of likely N-dealkylation sites (tertiary alicyclic amines) is 1. The molecule has 1 aromatic heterocycles. The van der Waals surface area contributed by atoms with Crippen molar-refractivity contribution in [2.75, 3.05) is 13.2 Å². The van der Waals surface area contributed by atoms with E-state index in [0.29, 0.717) is 30.4 Å². The van der Waals surface area contributed by atoms with Crippen LogP contribution in [0.4, 0.5) is 0 Å². The minimum Gasteiger partial charge on any atom is -0.507 e. The third-order valence-electron chi connectivity index (χ3n) is 5.28. The predicted molar refractivity (Wildman–Crippen MR) is 120 cm³/mol. The van der Waals surface area contributed by atoms with Crippen LogP contribution in [0.1, 0.15) is 57.2 Å². The van der Waals surface area contributed by atoms with E-state index in [1.165, 1.54) is 0 Å². The van der Waals surface area contributed by atoms with Crippen molar-refractivity contribution < 1.29 is 19.4 Å². The second-order valence-corrected chi connectivity index (χ2v) is 8.21. The summed E-state index contributed by atoms with van der Waals surface area (Å²) in [4.78, 5) is 31.4. The third-order valence-corrected chi connectivity index (χ3v) is 5.28. The molecule has 0 aliphatic carbocycles. The monoisotopic (exact) mass is 422 g/mol. The molecular formula is C25H30N2O4. The van der Waals surface area contributed by atoms with Gasteiger partial charge in [0.15, 0.2) is 0 Å². The van der Waals surface area contributed by atoms with Gasteiger partial charge in [-0.25, -0.2) is 0 Å². The molecule has 1 amide bonds. The van der Waals surface area contributed by atoms with Gasteiger partial charge in [0.1, 0.15) is 11.5 Å². The number of carbonyl (C=O) groups is 2. The molecule has 31 heavy (non-hydrogen) atoms. The van der Waals surface area contributed by atoms with Gasteiger partial charge in [0, 0.05) is 24.5 Å². The molecule has 164 valence electrons. The molecular weight excluding hydrogens is 392 g/mol. The fourth-order valence-electron chi connectivity index (χ4n) is 3.66. The highest BCUT2D eigenvalue weighted by atomic mass is 16.5. The molecule has 0 bridgehead atoms. The predicted octanol–water partition coefficient (Wildman–Crippen LogP) is 4.73. The molecule has 1 saturated heterocycles. The summed E-state index contributed by atoms with van der Waals surface area (Å²) in [6, 6.07) is 9.86. The van der Waals surface area contributed by atoms with E-state index in [4.69, 9.17) is 4.74 Å². The topological polar surface area (TPSA) is 79.7 Å². The zero-order chi connectivity index (χ0) is 22.4. The SMILES string of the molecule is CCCCCN1C(=O)C(=O)/C(=C(\O)c2ccc(OCC(C)C)cc2)C1c1ccncc1. The Kier molecular flexibility index (Phi) is 7.45. The summed E-state index contributed by atoms with van der Waals surface area (Å²) in [5.74, 6) is -0.311. The van der Waals surface area contributed by atoms with Crippen molar-refractivity contribution in [2.24, 2.45) is 5.92 Å². The minimum absolute atomic E-state index is 0.114. The van der Waals surface area contributed by atoms with Crippen molar-refractivity contribution in [2.45, 2.75) is 46.1 Å². The Morgan fingerprint density at radius 3 is 2.39 bits per heavy atom. The zero-order valence-electron chi connectivity index (χ0n) is 18.4. The molecule has 1 aliphatic heterocycles. The van der Waals surface area contributed by atoms with Crippen LogP contribution < -0.4 is 4.74 Å². The Hall–Kier alpha value is -3.15. The fourth-order valence-corrected chi connectivity index (χ4v) is 3.66. The number of ether oxygens (including phenoxy) is 1. The van der Waals surface area contributed by atoms with Crippen molar-refractivity contribution in [3.63, 3.8) is 0 Å². The van der Waals surface area contributed by atoms with Gasteiger partial charge in [-0.05, 0) is 54.3 Å². The van der Waals surface area contributed by atoms with Gasteiger partial charge in [-0.3, -0.25) is 14.6 Å². The first-order valence-electron chi connectivity index (χ1n) is 10.9. The molecule has 1 aliphatic rings. The van der Waals surface area contributed by atoms with E-state index in [0.717, 1.165) is 24.8 Å². The maximum atomic E-state index is 12.9. The number of nitrogens with zero attached hydrogens (tertiary/aromatic N) is 2. The summed E-state index contributed by atoms with van der Waals surface area (Å²) in [6.45, 7) is 7.28. The van der Waals surface area contributed by atoms with E-state index in [1.54, 1.807) is 53.7 Å². The maximum Gasteiger partial charge on any atom is 0.295 e. The number of carbonyl (C=O) groups excluding carboxylic acids is 2. The van der Waals surface area contributed by atoms with Gasteiger partial charge >= 0.3 is 0 Å². The zero-order valence-corrected chi connectivity index (χ0v) is 18.4. The lowest BCUT2D eigenvalue weighted by molar-refractivity contribution is -0.139. The fraction of sp³-hybridized carbons (Fsp3) is 0.400. The number of ketones is 1. The van der Waals surface area contributed by atoms with Gasteiger partial charge in [0.25, 0.3) is 11.7 Å². The molecule has 1 aromatic carbocycles. The first-order chi connectivity index (χ1) is 14.9. The number of benzene rings is 1. The first kappa shape index (κ1) is 22.5. The average Bonchev–Trinajstić information content (AvgIpc) is 3.03. The van der Waals surface area contributed by atoms with Crippen LogP contribution in [0, 0.1) is 5.92 Å². The van der Waals surface area contributed by atoms with E-state index in [9.17, 15) is 14.7 Å². The number of Topliss-reactive ketones (excluding diaryl/α,β-unsaturated/α-hetero) is 1. The van der Waals surface area contributed by atoms with Gasteiger partial charge < -0.3 is 14.7 Å². The molecule has 0 spiro atoms. The quantitative estimate of drug-likeness (QED) is 0.274. The molecule has 6 heteroatoms. The van der Waals surface area contributed by atoms with Gasteiger partial charge in [-0.15, -0.1) is 0 Å². The van der Waals surface area contributed by atoms with Gasteiger partial charge in [0.05, 0.1) is 18.2 Å². The number of aliphatic hydroxyl groups is 1. The van der Waals surface area contributed by atoms with E-state index in [2.05, 4.69) is 25.8 Å². The average molecular weight is 423 g/mol. The van der Waals surface area contributed by atoms with Crippen LogP contribution in [0.5, 0.6) is 5.75 Å². The summed E-state index contributed by atoms with van der Waals surface area (Å²) < 4.78 is 5.69. The highest BCUT2D eigenvalue weighted by Gasteiger charge is 2.45. The lowest BCUT2D eigenvalue weighted by atomic mass is 9.96. The Morgan fingerprint density at radius 2 is 1.77 bits per heavy atom. The number of rotatable bonds is 9. The molecule has 3 rings (SSSR count). The Labute approximate surface area is 183 Å². The normalized spacial score (nSPS) is 18.1. The van der Waals surface area contributed by atoms with Crippen LogP contribution in [0.15, 0.2) is 54.4 Å². The number of hydrogen-bond donors (Lipinski definition) is 1. The summed E-state index contributed by atoms with van der Waals surface area (Å²) in [7, 11) is 0. The second-order valence-electron chi connectivity index (χ2n) is 8.21. The second kappa shape index (κ2) is 10.2. The van der Waals surface area contributed by atoms with Crippen molar-refractivity contribution in [1.82, 2.24) is 9.88 Å². The highest BCUT2D eigenvalue weighted by molar-refractivity contribution is 6.46. The van der Waals surface area contributed by atoms with E-state index >= 15 is 0 Å². The van der Waals surface area contributed by atoms with Crippen LogP contribution >= 0.6 is 0 Å². The largest absolute Gasteiger partial charge is 0.507 e. The minimum atomic E-state index is -0.657. The van der Waals surface area contributed by atoms with Crippen LogP contribution in [0.2, 0.25) is 0 Å². The molecule has 6 nitrogen and oxygen atoms in total. The standard InChI is InChI=1S/C25H30N2O4/c1-4-5-6-15-27-22(18-11-13-26-14-12-18)21(24(29)25(27)30)23(28)19-7-9-20(10-8-19)31-16-17(2)3/h7-14,17,22,28H,4-6,15-16H2,1-3H3/b23-21-. The van der Waals surface area contributed by atoms with E-state index < -0.39 is 17.7 Å². The summed E-state index contributed by atoms with van der Waals surface area (Å²) in [6.07, 6.45) is 6.02. The van der Waals surface area contributed by atoms with Crippen molar-refractivity contribution >= 4 is 17.4 Å². The third kappa shape index (κ3) is 5.13. The molecule has 2 aromatic rings. The lowest BCUT2D eigenvalue weighted by Crippen LogP contribution is -2.30. The summed E-state index contributed by atoms with van der Waals surface area (Å²) >= 11 is 0. The van der Waals surface area contributed by atoms with E-state index in [1.807, 2.05) is 0 Å². The van der Waals surface area contributed by atoms with Gasteiger partial charge in [0.2, 0.25) is 0 Å². The number of unbranched alkanes of at least 4 members (excludes halogenated alkanes) is 2. The molecule has 1 unspecified atom stereocenters. The van der Waals surface area contributed by atoms with Crippen LogP contribution in [0.3, 0.4) is 0 Å².